The van der Waals surface area contributed by atoms with Gasteiger partial charge in [-0.15, -0.1) is 0 Å². The Morgan fingerprint density at radius 2 is 1.90 bits per heavy atom. The van der Waals surface area contributed by atoms with E-state index in [1.54, 1.807) is 14.2 Å². The SMILES string of the molecule is CCNCCC1CCN(c2cc(OC)cc(OC)c2)C1. The first-order chi connectivity index (χ1) is 9.76. The Labute approximate surface area is 122 Å². The topological polar surface area (TPSA) is 33.7 Å². The van der Waals surface area contributed by atoms with Crippen LogP contribution in [0.15, 0.2) is 18.2 Å². The molecule has 0 radical (unpaired) electrons. The zero-order valence-corrected chi connectivity index (χ0v) is 12.8. The van der Waals surface area contributed by atoms with Crippen LogP contribution in [0.2, 0.25) is 0 Å². The minimum absolute atomic E-state index is 0.784. The van der Waals surface area contributed by atoms with Crippen LogP contribution < -0.4 is 19.7 Å². The van der Waals surface area contributed by atoms with Crippen LogP contribution in [0.3, 0.4) is 0 Å². The third kappa shape index (κ3) is 3.79. The van der Waals surface area contributed by atoms with Gasteiger partial charge in [0.05, 0.1) is 14.2 Å². The molecule has 0 saturated carbocycles. The molecule has 4 nitrogen and oxygen atoms in total. The molecule has 112 valence electrons. The lowest BCUT2D eigenvalue weighted by atomic mass is 10.1. The number of nitrogens with one attached hydrogen (secondary N) is 1. The van der Waals surface area contributed by atoms with Crippen molar-refractivity contribution in [3.8, 4) is 11.5 Å². The van der Waals surface area contributed by atoms with Gasteiger partial charge in [0.2, 0.25) is 0 Å². The Morgan fingerprint density at radius 1 is 1.20 bits per heavy atom. The number of anilines is 1. The molecule has 1 atom stereocenters. The molecule has 20 heavy (non-hydrogen) atoms. The molecule has 0 aliphatic carbocycles. The van der Waals surface area contributed by atoms with E-state index in [1.165, 1.54) is 18.5 Å². The van der Waals surface area contributed by atoms with E-state index in [-0.39, 0.29) is 0 Å². The van der Waals surface area contributed by atoms with Crippen LogP contribution in [0.5, 0.6) is 11.5 Å². The van der Waals surface area contributed by atoms with Crippen molar-refractivity contribution in [1.82, 2.24) is 5.32 Å². The summed E-state index contributed by atoms with van der Waals surface area (Å²) >= 11 is 0. The Kier molecular flexibility index (Phi) is 5.53. The number of benzene rings is 1. The normalized spacial score (nSPS) is 18.4. The first kappa shape index (κ1) is 15.0. The van der Waals surface area contributed by atoms with Crippen LogP contribution in [-0.2, 0) is 0 Å². The molecule has 4 heteroatoms. The lowest BCUT2D eigenvalue weighted by molar-refractivity contribution is 0.394. The zero-order chi connectivity index (χ0) is 14.4. The molecule has 1 aromatic carbocycles. The van der Waals surface area contributed by atoms with Crippen molar-refractivity contribution in [3.63, 3.8) is 0 Å². The monoisotopic (exact) mass is 278 g/mol. The van der Waals surface area contributed by atoms with Gasteiger partial charge in [-0.25, -0.2) is 0 Å². The second-order valence-electron chi connectivity index (χ2n) is 5.31. The van der Waals surface area contributed by atoms with Gasteiger partial charge < -0.3 is 19.7 Å². The highest BCUT2D eigenvalue weighted by Gasteiger charge is 2.23. The van der Waals surface area contributed by atoms with E-state index < -0.39 is 0 Å². The minimum atomic E-state index is 0.784. The largest absolute Gasteiger partial charge is 0.497 e. The molecule has 0 aromatic heterocycles. The molecule has 1 N–H and O–H groups in total. The number of rotatable bonds is 7. The van der Waals surface area contributed by atoms with Gasteiger partial charge in [-0.2, -0.15) is 0 Å². The van der Waals surface area contributed by atoms with E-state index in [0.717, 1.165) is 43.6 Å². The van der Waals surface area contributed by atoms with Gasteiger partial charge in [0.1, 0.15) is 11.5 Å². The highest BCUT2D eigenvalue weighted by Crippen LogP contribution is 2.32. The van der Waals surface area contributed by atoms with Gasteiger partial charge in [0, 0.05) is 37.0 Å². The summed E-state index contributed by atoms with van der Waals surface area (Å²) in [5.74, 6) is 2.50. The van der Waals surface area contributed by atoms with Gasteiger partial charge in [-0.3, -0.25) is 0 Å². The van der Waals surface area contributed by atoms with Gasteiger partial charge in [-0.1, -0.05) is 6.92 Å². The second kappa shape index (κ2) is 7.39. The van der Waals surface area contributed by atoms with E-state index in [1.807, 2.05) is 6.07 Å². The summed E-state index contributed by atoms with van der Waals surface area (Å²) in [5.41, 5.74) is 1.20. The molecule has 1 aliphatic rings. The third-order valence-corrected chi connectivity index (χ3v) is 3.97. The molecule has 1 saturated heterocycles. The lowest BCUT2D eigenvalue weighted by Gasteiger charge is -2.20. The average Bonchev–Trinajstić information content (AvgIpc) is 2.96. The fraction of sp³-hybridized carbons (Fsp3) is 0.625. The number of hydrogen-bond donors (Lipinski definition) is 1. The Balaban J connectivity index is 1.98. The summed E-state index contributed by atoms with van der Waals surface area (Å²) in [6.07, 6.45) is 2.52. The highest BCUT2D eigenvalue weighted by atomic mass is 16.5. The average molecular weight is 278 g/mol. The van der Waals surface area contributed by atoms with Crippen molar-refractivity contribution < 1.29 is 9.47 Å². The van der Waals surface area contributed by atoms with Gasteiger partial charge in [-0.05, 0) is 31.8 Å². The van der Waals surface area contributed by atoms with E-state index in [4.69, 9.17) is 9.47 Å². The first-order valence-electron chi connectivity index (χ1n) is 7.45. The van der Waals surface area contributed by atoms with Crippen LogP contribution in [0.1, 0.15) is 19.8 Å². The highest BCUT2D eigenvalue weighted by molar-refractivity contribution is 5.56. The minimum Gasteiger partial charge on any atom is -0.497 e. The Hall–Kier alpha value is -1.42. The first-order valence-corrected chi connectivity index (χ1v) is 7.45. The summed E-state index contributed by atoms with van der Waals surface area (Å²) < 4.78 is 10.7. The van der Waals surface area contributed by atoms with Crippen molar-refractivity contribution in [1.29, 1.82) is 0 Å². The van der Waals surface area contributed by atoms with E-state index >= 15 is 0 Å². The molecule has 0 spiro atoms. The molecular formula is C16H26N2O2. The number of ether oxygens (including phenoxy) is 2. The second-order valence-corrected chi connectivity index (χ2v) is 5.31. The quantitative estimate of drug-likeness (QED) is 0.777. The van der Waals surface area contributed by atoms with E-state index in [0.29, 0.717) is 0 Å². The Morgan fingerprint density at radius 3 is 2.50 bits per heavy atom. The molecule has 1 aliphatic heterocycles. The number of methoxy groups -OCH3 is 2. The standard InChI is InChI=1S/C16H26N2O2/c1-4-17-7-5-13-6-8-18(12-13)14-9-15(19-2)11-16(10-14)20-3/h9-11,13,17H,4-8,12H2,1-3H3. The van der Waals surface area contributed by atoms with Crippen LogP contribution in [0.4, 0.5) is 5.69 Å². The summed E-state index contributed by atoms with van der Waals surface area (Å²) in [6.45, 7) is 6.58. The summed E-state index contributed by atoms with van der Waals surface area (Å²) in [7, 11) is 3.39. The van der Waals surface area contributed by atoms with Gasteiger partial charge in [0.15, 0.2) is 0 Å². The number of nitrogens with zero attached hydrogens (tertiary/aromatic N) is 1. The lowest BCUT2D eigenvalue weighted by Crippen LogP contribution is -2.22. The molecule has 1 fully saturated rings. The summed E-state index contributed by atoms with van der Waals surface area (Å²) in [6, 6.07) is 6.10. The molecule has 1 aromatic rings. The van der Waals surface area contributed by atoms with Crippen molar-refractivity contribution in [2.75, 3.05) is 45.3 Å². The van der Waals surface area contributed by atoms with Crippen molar-refractivity contribution in [2.24, 2.45) is 5.92 Å². The predicted molar refractivity (Wildman–Crippen MR) is 83.0 cm³/mol. The maximum atomic E-state index is 5.35. The molecule has 0 amide bonds. The zero-order valence-electron chi connectivity index (χ0n) is 12.8. The van der Waals surface area contributed by atoms with Crippen molar-refractivity contribution in [3.05, 3.63) is 18.2 Å². The maximum Gasteiger partial charge on any atom is 0.124 e. The van der Waals surface area contributed by atoms with Crippen LogP contribution in [-0.4, -0.2) is 40.4 Å². The maximum absolute atomic E-state index is 5.35. The fourth-order valence-electron chi connectivity index (χ4n) is 2.76. The molecule has 2 rings (SSSR count). The van der Waals surface area contributed by atoms with Gasteiger partial charge >= 0.3 is 0 Å². The van der Waals surface area contributed by atoms with Gasteiger partial charge in [0.25, 0.3) is 0 Å². The van der Waals surface area contributed by atoms with Crippen LogP contribution >= 0.6 is 0 Å². The predicted octanol–water partition coefficient (Wildman–Crippen LogP) is 2.53. The van der Waals surface area contributed by atoms with Crippen LogP contribution in [0.25, 0.3) is 0 Å². The van der Waals surface area contributed by atoms with Crippen LogP contribution in [0, 0.1) is 5.92 Å². The summed E-state index contributed by atoms with van der Waals surface area (Å²) in [5, 5.41) is 3.41. The van der Waals surface area contributed by atoms with E-state index in [9.17, 15) is 0 Å². The fourth-order valence-corrected chi connectivity index (χ4v) is 2.76. The smallest absolute Gasteiger partial charge is 0.124 e. The third-order valence-electron chi connectivity index (χ3n) is 3.97. The molecular weight excluding hydrogens is 252 g/mol. The van der Waals surface area contributed by atoms with Crippen molar-refractivity contribution >= 4 is 5.69 Å². The van der Waals surface area contributed by atoms with E-state index in [2.05, 4.69) is 29.3 Å². The molecule has 0 bridgehead atoms. The van der Waals surface area contributed by atoms with Crippen molar-refractivity contribution in [2.45, 2.75) is 19.8 Å². The molecule has 1 unspecified atom stereocenters. The summed E-state index contributed by atoms with van der Waals surface area (Å²) in [4.78, 5) is 2.43. The number of hydrogen-bond acceptors (Lipinski definition) is 4. The Bertz CT molecular complexity index is 401. The molecule has 1 heterocycles.